The Balaban J connectivity index is 1.85. The first-order valence-electron chi connectivity index (χ1n) is 5.96. The molecule has 0 aliphatic carbocycles. The molecule has 0 aliphatic heterocycles. The maximum Gasteiger partial charge on any atom is 0.169 e. The molecule has 2 heterocycles. The summed E-state index contributed by atoms with van der Waals surface area (Å²) in [5, 5.41) is 6.16. The summed E-state index contributed by atoms with van der Waals surface area (Å²) in [4.78, 5) is 9.95. The molecular weight excluding hydrogens is 258 g/mol. The van der Waals surface area contributed by atoms with Crippen LogP contribution in [-0.4, -0.2) is 17.0 Å². The summed E-state index contributed by atoms with van der Waals surface area (Å²) in [5.41, 5.74) is 0. The summed E-state index contributed by atoms with van der Waals surface area (Å²) in [5.74, 6) is 2.35. The summed E-state index contributed by atoms with van der Waals surface area (Å²) in [6.45, 7) is 0.368. The number of thiophene rings is 1. The van der Waals surface area contributed by atoms with E-state index in [9.17, 15) is 0 Å². The molecule has 1 N–H and O–H groups in total. The molecule has 4 nitrogen and oxygen atoms in total. The van der Waals surface area contributed by atoms with Crippen LogP contribution in [0.15, 0.2) is 41.8 Å². The van der Waals surface area contributed by atoms with E-state index in [1.165, 1.54) is 0 Å². The molecule has 3 rings (SSSR count). The third-order valence-electron chi connectivity index (χ3n) is 2.72. The van der Waals surface area contributed by atoms with Crippen molar-refractivity contribution >= 4 is 27.4 Å². The zero-order valence-electron chi connectivity index (χ0n) is 10.5. The van der Waals surface area contributed by atoms with Crippen LogP contribution in [0.25, 0.3) is 10.2 Å². The highest BCUT2D eigenvalue weighted by molar-refractivity contribution is 7.16. The Morgan fingerprint density at radius 3 is 2.79 bits per heavy atom. The lowest BCUT2D eigenvalue weighted by Crippen LogP contribution is -2.04. The minimum Gasteiger partial charge on any atom is -0.486 e. The van der Waals surface area contributed by atoms with Gasteiger partial charge in [-0.2, -0.15) is 0 Å². The summed E-state index contributed by atoms with van der Waals surface area (Å²) < 4.78 is 5.67. The number of ether oxygens (including phenoxy) is 1. The highest BCUT2D eigenvalue weighted by Gasteiger charge is 2.08. The molecule has 0 saturated heterocycles. The molecule has 2 aromatic heterocycles. The monoisotopic (exact) mass is 271 g/mol. The van der Waals surface area contributed by atoms with E-state index in [0.717, 1.165) is 21.8 Å². The maximum atomic E-state index is 5.67. The van der Waals surface area contributed by atoms with Crippen LogP contribution in [0.1, 0.15) is 5.82 Å². The van der Waals surface area contributed by atoms with Crippen LogP contribution in [0.4, 0.5) is 5.82 Å². The Labute approximate surface area is 115 Å². The first-order valence-corrected chi connectivity index (χ1v) is 6.84. The van der Waals surface area contributed by atoms with Crippen molar-refractivity contribution in [2.75, 3.05) is 12.4 Å². The molecule has 96 valence electrons. The molecule has 3 aromatic rings. The van der Waals surface area contributed by atoms with Crippen molar-refractivity contribution in [1.82, 2.24) is 9.97 Å². The average molecular weight is 271 g/mol. The van der Waals surface area contributed by atoms with E-state index in [-0.39, 0.29) is 0 Å². The smallest absolute Gasteiger partial charge is 0.169 e. The number of hydrogen-bond donors (Lipinski definition) is 1. The summed E-state index contributed by atoms with van der Waals surface area (Å²) >= 11 is 1.61. The molecule has 0 fully saturated rings. The van der Waals surface area contributed by atoms with Crippen molar-refractivity contribution in [3.05, 3.63) is 47.6 Å². The fourth-order valence-electron chi connectivity index (χ4n) is 1.82. The highest BCUT2D eigenvalue weighted by atomic mass is 32.1. The standard InChI is InChI=1S/C14H13N3OS/c1-15-13-11-7-8-19-14(11)17-12(16-13)9-18-10-5-3-2-4-6-10/h2-8H,9H2,1H3,(H,15,16,17). The van der Waals surface area contributed by atoms with Crippen molar-refractivity contribution in [2.24, 2.45) is 0 Å². The van der Waals surface area contributed by atoms with Crippen LogP contribution in [-0.2, 0) is 6.61 Å². The van der Waals surface area contributed by atoms with Crippen molar-refractivity contribution < 1.29 is 4.74 Å². The molecular formula is C14H13N3OS. The number of aromatic nitrogens is 2. The zero-order chi connectivity index (χ0) is 13.1. The zero-order valence-corrected chi connectivity index (χ0v) is 11.3. The fraction of sp³-hybridized carbons (Fsp3) is 0.143. The first-order chi connectivity index (χ1) is 9.36. The van der Waals surface area contributed by atoms with Gasteiger partial charge < -0.3 is 10.1 Å². The largest absolute Gasteiger partial charge is 0.486 e. The second-order valence-electron chi connectivity index (χ2n) is 3.98. The molecule has 1 aromatic carbocycles. The number of anilines is 1. The molecule has 0 saturated carbocycles. The number of para-hydroxylation sites is 1. The van der Waals surface area contributed by atoms with Crippen molar-refractivity contribution in [2.45, 2.75) is 6.61 Å². The lowest BCUT2D eigenvalue weighted by Gasteiger charge is -2.07. The Morgan fingerprint density at radius 1 is 1.16 bits per heavy atom. The summed E-state index contributed by atoms with van der Waals surface area (Å²) in [6, 6.07) is 11.7. The average Bonchev–Trinajstić information content (AvgIpc) is 2.93. The number of hydrogen-bond acceptors (Lipinski definition) is 5. The number of fused-ring (bicyclic) bond motifs is 1. The van der Waals surface area contributed by atoms with E-state index < -0.39 is 0 Å². The van der Waals surface area contributed by atoms with Gasteiger partial charge in [-0.1, -0.05) is 18.2 Å². The van der Waals surface area contributed by atoms with Gasteiger partial charge in [-0.05, 0) is 23.6 Å². The van der Waals surface area contributed by atoms with Gasteiger partial charge in [0.25, 0.3) is 0 Å². The second kappa shape index (κ2) is 5.24. The van der Waals surface area contributed by atoms with Crippen molar-refractivity contribution in [3.63, 3.8) is 0 Å². The van der Waals surface area contributed by atoms with Gasteiger partial charge in [-0.25, -0.2) is 9.97 Å². The molecule has 0 aliphatic rings. The minimum atomic E-state index is 0.368. The lowest BCUT2D eigenvalue weighted by atomic mass is 10.3. The highest BCUT2D eigenvalue weighted by Crippen LogP contribution is 2.25. The van der Waals surface area contributed by atoms with E-state index in [0.29, 0.717) is 12.4 Å². The van der Waals surface area contributed by atoms with Crippen molar-refractivity contribution in [1.29, 1.82) is 0 Å². The summed E-state index contributed by atoms with van der Waals surface area (Å²) in [6.07, 6.45) is 0. The number of rotatable bonds is 4. The van der Waals surface area contributed by atoms with E-state index >= 15 is 0 Å². The molecule has 0 bridgehead atoms. The molecule has 0 atom stereocenters. The van der Waals surface area contributed by atoms with Crippen LogP contribution in [0, 0.1) is 0 Å². The SMILES string of the molecule is CNc1nc(COc2ccccc2)nc2sccc12. The topological polar surface area (TPSA) is 47.0 Å². The number of nitrogens with zero attached hydrogens (tertiary/aromatic N) is 2. The van der Waals surface area contributed by atoms with Gasteiger partial charge in [-0.3, -0.25) is 0 Å². The van der Waals surface area contributed by atoms with Crippen LogP contribution in [0.3, 0.4) is 0 Å². The molecule has 0 spiro atoms. The van der Waals surface area contributed by atoms with Crippen molar-refractivity contribution in [3.8, 4) is 5.75 Å². The number of nitrogens with one attached hydrogen (secondary N) is 1. The van der Waals surface area contributed by atoms with Gasteiger partial charge in [0.15, 0.2) is 5.82 Å². The van der Waals surface area contributed by atoms with Gasteiger partial charge in [-0.15, -0.1) is 11.3 Å². The van der Waals surface area contributed by atoms with Gasteiger partial charge in [0.1, 0.15) is 23.0 Å². The lowest BCUT2D eigenvalue weighted by molar-refractivity contribution is 0.296. The van der Waals surface area contributed by atoms with Gasteiger partial charge in [0.05, 0.1) is 5.39 Å². The van der Waals surface area contributed by atoms with Gasteiger partial charge in [0, 0.05) is 7.05 Å². The van der Waals surface area contributed by atoms with E-state index in [1.54, 1.807) is 11.3 Å². The summed E-state index contributed by atoms with van der Waals surface area (Å²) in [7, 11) is 1.86. The van der Waals surface area contributed by atoms with Gasteiger partial charge in [0.2, 0.25) is 0 Å². The first kappa shape index (κ1) is 11.9. The third kappa shape index (κ3) is 2.51. The van der Waals surface area contributed by atoms with Crippen LogP contribution in [0.5, 0.6) is 5.75 Å². The Hall–Kier alpha value is -2.14. The fourth-order valence-corrected chi connectivity index (χ4v) is 2.60. The van der Waals surface area contributed by atoms with Crippen LogP contribution < -0.4 is 10.1 Å². The van der Waals surface area contributed by atoms with E-state index in [2.05, 4.69) is 15.3 Å². The Kier molecular flexibility index (Phi) is 3.29. The quantitative estimate of drug-likeness (QED) is 0.790. The maximum absolute atomic E-state index is 5.67. The predicted octanol–water partition coefficient (Wildman–Crippen LogP) is 3.31. The van der Waals surface area contributed by atoms with Crippen LogP contribution >= 0.6 is 11.3 Å². The van der Waals surface area contributed by atoms with Crippen LogP contribution in [0.2, 0.25) is 0 Å². The molecule has 19 heavy (non-hydrogen) atoms. The molecule has 0 amide bonds. The minimum absolute atomic E-state index is 0.368. The van der Waals surface area contributed by atoms with Gasteiger partial charge >= 0.3 is 0 Å². The third-order valence-corrected chi connectivity index (χ3v) is 3.53. The molecule has 5 heteroatoms. The van der Waals surface area contributed by atoms with E-state index in [4.69, 9.17) is 4.74 Å². The molecule has 0 radical (unpaired) electrons. The predicted molar refractivity (Wildman–Crippen MR) is 77.7 cm³/mol. The second-order valence-corrected chi connectivity index (χ2v) is 4.87. The Morgan fingerprint density at radius 2 is 2.00 bits per heavy atom. The normalized spacial score (nSPS) is 10.6. The molecule has 0 unspecified atom stereocenters. The van der Waals surface area contributed by atoms with E-state index in [1.807, 2.05) is 48.8 Å². The Bertz CT molecular complexity index is 681. The number of benzene rings is 1.